The lowest BCUT2D eigenvalue weighted by atomic mass is 9.87. The quantitative estimate of drug-likeness (QED) is 0.533. The number of carbonyl (C=O) groups is 1. The van der Waals surface area contributed by atoms with E-state index in [0.29, 0.717) is 6.32 Å². The highest BCUT2D eigenvalue weighted by Gasteiger charge is 2.30. The van der Waals surface area contributed by atoms with Crippen LogP contribution in [-0.2, 0) is 14.2 Å². The summed E-state index contributed by atoms with van der Waals surface area (Å²) in [4.78, 5) is 11.3. The van der Waals surface area contributed by atoms with Crippen molar-refractivity contribution in [3.63, 3.8) is 0 Å². The summed E-state index contributed by atoms with van der Waals surface area (Å²) >= 11 is 0. The number of hydrogen-bond acceptors (Lipinski definition) is 4. The van der Waals surface area contributed by atoms with Crippen LogP contribution in [-0.4, -0.2) is 29.8 Å². The second-order valence-corrected chi connectivity index (χ2v) is 4.58. The summed E-state index contributed by atoms with van der Waals surface area (Å²) in [5.41, 5.74) is -0.450. The van der Waals surface area contributed by atoms with Crippen molar-refractivity contribution in [1.82, 2.24) is 0 Å². The molecule has 1 atom stereocenters. The first-order valence-electron chi connectivity index (χ1n) is 4.92. The predicted molar refractivity (Wildman–Crippen MR) is 52.7 cm³/mol. The van der Waals surface area contributed by atoms with Crippen molar-refractivity contribution >= 4 is 13.1 Å². The third-order valence-corrected chi connectivity index (χ3v) is 1.90. The van der Waals surface area contributed by atoms with Crippen molar-refractivity contribution in [2.24, 2.45) is 0 Å². The van der Waals surface area contributed by atoms with Crippen LogP contribution in [0.5, 0.6) is 0 Å². The van der Waals surface area contributed by atoms with Crippen molar-refractivity contribution in [1.29, 1.82) is 0 Å². The van der Waals surface area contributed by atoms with Gasteiger partial charge in [0.05, 0.1) is 12.5 Å². The van der Waals surface area contributed by atoms with Gasteiger partial charge in [0.25, 0.3) is 0 Å². The van der Waals surface area contributed by atoms with Gasteiger partial charge in [0, 0.05) is 0 Å². The van der Waals surface area contributed by atoms with E-state index in [4.69, 9.17) is 14.4 Å². The smallest absolute Gasteiger partial charge is 0.454 e. The van der Waals surface area contributed by atoms with Crippen molar-refractivity contribution < 1.29 is 19.2 Å². The molecule has 0 aromatic carbocycles. The van der Waals surface area contributed by atoms with Crippen LogP contribution in [0.4, 0.5) is 0 Å². The Bertz CT molecular complexity index is 211. The third kappa shape index (κ3) is 4.11. The predicted octanol–water partition coefficient (Wildman–Crippen LogP) is 0.988. The topological polar surface area (TPSA) is 55.8 Å². The molecule has 0 unspecified atom stereocenters. The molecule has 1 saturated heterocycles. The first-order chi connectivity index (χ1) is 6.37. The van der Waals surface area contributed by atoms with Crippen LogP contribution >= 0.6 is 0 Å². The lowest BCUT2D eigenvalue weighted by Crippen LogP contribution is -2.27. The Hall–Kier alpha value is -0.545. The third-order valence-electron chi connectivity index (χ3n) is 1.90. The molecule has 0 aromatic heterocycles. The zero-order valence-electron chi connectivity index (χ0n) is 8.95. The molecule has 1 aliphatic heterocycles. The molecule has 1 rings (SSSR count). The average Bonchev–Trinajstić information content (AvgIpc) is 2.30. The van der Waals surface area contributed by atoms with Crippen LogP contribution in [0.25, 0.3) is 0 Å². The van der Waals surface area contributed by atoms with E-state index in [1.807, 2.05) is 20.8 Å². The van der Waals surface area contributed by atoms with E-state index in [1.54, 1.807) is 0 Å². The van der Waals surface area contributed by atoms with E-state index in [-0.39, 0.29) is 18.5 Å². The summed E-state index contributed by atoms with van der Waals surface area (Å²) in [6.45, 7) is 5.49. The van der Waals surface area contributed by atoms with Crippen LogP contribution in [0.3, 0.4) is 0 Å². The highest BCUT2D eigenvalue weighted by Crippen LogP contribution is 2.20. The number of carbonyl (C=O) groups excluding carboxylic acids is 1. The Morgan fingerprint density at radius 3 is 2.71 bits per heavy atom. The summed E-state index contributed by atoms with van der Waals surface area (Å²) in [5.74, 6) is -0.267. The van der Waals surface area contributed by atoms with Gasteiger partial charge in [-0.1, -0.05) is 0 Å². The summed E-state index contributed by atoms with van der Waals surface area (Å²) in [7, 11) is -0.706. The van der Waals surface area contributed by atoms with Crippen LogP contribution in [0.15, 0.2) is 0 Å². The van der Waals surface area contributed by atoms with E-state index in [9.17, 15) is 4.79 Å². The molecule has 4 nitrogen and oxygen atoms in total. The van der Waals surface area contributed by atoms with Crippen molar-refractivity contribution in [2.45, 2.75) is 51.6 Å². The van der Waals surface area contributed by atoms with Gasteiger partial charge in [-0.15, -0.1) is 0 Å². The molecule has 80 valence electrons. The minimum absolute atomic E-state index is 0.181. The fraction of sp³-hybridized carbons (Fsp3) is 0.889. The average molecular weight is 200 g/mol. The summed E-state index contributed by atoms with van der Waals surface area (Å²) in [5, 5.41) is 9.07. The molecule has 0 radical (unpaired) electrons. The second-order valence-electron chi connectivity index (χ2n) is 4.58. The highest BCUT2D eigenvalue weighted by atomic mass is 16.6. The Balaban J connectivity index is 2.27. The largest absolute Gasteiger partial charge is 0.460 e. The van der Waals surface area contributed by atoms with Crippen molar-refractivity contribution in [3.8, 4) is 0 Å². The van der Waals surface area contributed by atoms with Crippen LogP contribution in [0.2, 0.25) is 6.32 Å². The number of rotatable bonds is 2. The first-order valence-corrected chi connectivity index (χ1v) is 4.92. The maximum Gasteiger partial charge on any atom is 0.454 e. The minimum Gasteiger partial charge on any atom is -0.460 e. The molecule has 0 aliphatic carbocycles. The molecular weight excluding hydrogens is 183 g/mol. The summed E-state index contributed by atoms with van der Waals surface area (Å²) < 4.78 is 10.2. The van der Waals surface area contributed by atoms with Crippen LogP contribution in [0, 0.1) is 0 Å². The molecule has 1 fully saturated rings. The Morgan fingerprint density at radius 1 is 1.64 bits per heavy atom. The van der Waals surface area contributed by atoms with Gasteiger partial charge in [0.1, 0.15) is 5.60 Å². The fourth-order valence-electron chi connectivity index (χ4n) is 1.41. The number of ether oxygens (including phenoxy) is 1. The van der Waals surface area contributed by atoms with Crippen molar-refractivity contribution in [2.75, 3.05) is 0 Å². The maximum atomic E-state index is 11.3. The second kappa shape index (κ2) is 4.32. The molecule has 0 amide bonds. The van der Waals surface area contributed by atoms with Gasteiger partial charge in [0.2, 0.25) is 0 Å². The van der Waals surface area contributed by atoms with E-state index in [1.165, 1.54) is 0 Å². The van der Waals surface area contributed by atoms with Crippen LogP contribution < -0.4 is 0 Å². The zero-order chi connectivity index (χ0) is 10.8. The van der Waals surface area contributed by atoms with E-state index in [2.05, 4.69) is 0 Å². The first kappa shape index (κ1) is 11.5. The summed E-state index contributed by atoms with van der Waals surface area (Å²) in [6, 6.07) is 0. The molecular formula is C9H17BO4. The van der Waals surface area contributed by atoms with Gasteiger partial charge < -0.3 is 14.4 Å². The molecule has 14 heavy (non-hydrogen) atoms. The Morgan fingerprint density at radius 2 is 2.29 bits per heavy atom. The standard InChI is InChI=1S/C9H17BO4/c1-9(2,3)13-8(11)6-7-4-5-10(12)14-7/h7,12H,4-6H2,1-3H3/t7-/m0/s1. The Kier molecular flexibility index (Phi) is 3.56. The monoisotopic (exact) mass is 200 g/mol. The molecule has 1 aliphatic rings. The van der Waals surface area contributed by atoms with E-state index in [0.717, 1.165) is 6.42 Å². The van der Waals surface area contributed by atoms with Gasteiger partial charge in [-0.2, -0.15) is 0 Å². The van der Waals surface area contributed by atoms with Gasteiger partial charge in [-0.25, -0.2) is 0 Å². The summed E-state index contributed by atoms with van der Waals surface area (Å²) in [6.07, 6.45) is 1.38. The maximum absolute atomic E-state index is 11.3. The molecule has 0 saturated carbocycles. The lowest BCUT2D eigenvalue weighted by Gasteiger charge is -2.20. The molecule has 0 spiro atoms. The minimum atomic E-state index is -0.706. The number of hydrogen-bond donors (Lipinski definition) is 1. The molecule has 5 heteroatoms. The number of esters is 1. The van der Waals surface area contributed by atoms with E-state index >= 15 is 0 Å². The zero-order valence-corrected chi connectivity index (χ0v) is 8.95. The van der Waals surface area contributed by atoms with Crippen LogP contribution in [0.1, 0.15) is 33.6 Å². The molecule has 1 N–H and O–H groups in total. The fourth-order valence-corrected chi connectivity index (χ4v) is 1.41. The van der Waals surface area contributed by atoms with E-state index < -0.39 is 12.7 Å². The van der Waals surface area contributed by atoms with Gasteiger partial charge >= 0.3 is 13.1 Å². The van der Waals surface area contributed by atoms with Crippen molar-refractivity contribution in [3.05, 3.63) is 0 Å². The molecule has 0 bridgehead atoms. The molecule has 0 aromatic rings. The van der Waals surface area contributed by atoms with Gasteiger partial charge in [-0.05, 0) is 33.5 Å². The normalized spacial score (nSPS) is 22.6. The molecule has 1 heterocycles. The Labute approximate surface area is 84.7 Å². The highest BCUT2D eigenvalue weighted by molar-refractivity contribution is 6.43. The van der Waals surface area contributed by atoms with Gasteiger partial charge in [-0.3, -0.25) is 4.79 Å². The lowest BCUT2D eigenvalue weighted by molar-refractivity contribution is -0.156. The van der Waals surface area contributed by atoms with Gasteiger partial charge in [0.15, 0.2) is 0 Å². The SMILES string of the molecule is CC(C)(C)OC(=O)C[C@@H]1CCB(O)O1.